The number of rotatable bonds is 4. The number of nitrogens with one attached hydrogen (secondary N) is 1. The highest BCUT2D eigenvalue weighted by molar-refractivity contribution is 5.76. The van der Waals surface area contributed by atoms with Gasteiger partial charge in [0.15, 0.2) is 0 Å². The molecular weight excluding hydrogens is 302 g/mol. The molecule has 0 aromatic heterocycles. The lowest BCUT2D eigenvalue weighted by atomic mass is 9.84. The first-order valence-corrected chi connectivity index (χ1v) is 9.91. The summed E-state index contributed by atoms with van der Waals surface area (Å²) in [6.45, 7) is 3.62. The van der Waals surface area contributed by atoms with E-state index in [0.717, 1.165) is 64.2 Å². The fourth-order valence-corrected chi connectivity index (χ4v) is 4.92. The summed E-state index contributed by atoms with van der Waals surface area (Å²) in [5, 5.41) is 2.71. The molecule has 0 radical (unpaired) electrons. The van der Waals surface area contributed by atoms with Crippen LogP contribution in [0.3, 0.4) is 0 Å². The van der Waals surface area contributed by atoms with Gasteiger partial charge >= 0.3 is 6.03 Å². The first-order valence-electron chi connectivity index (χ1n) is 9.91. The van der Waals surface area contributed by atoms with Gasteiger partial charge in [-0.15, -0.1) is 0 Å². The first-order chi connectivity index (χ1) is 11.7. The Morgan fingerprint density at radius 2 is 1.54 bits per heavy atom. The van der Waals surface area contributed by atoms with Gasteiger partial charge in [-0.25, -0.2) is 4.79 Å². The number of urea groups is 1. The minimum absolute atomic E-state index is 0.0450. The van der Waals surface area contributed by atoms with Gasteiger partial charge < -0.3 is 15.1 Å². The summed E-state index contributed by atoms with van der Waals surface area (Å²) in [7, 11) is 1.69. The van der Waals surface area contributed by atoms with Gasteiger partial charge in [0.25, 0.3) is 0 Å². The summed E-state index contributed by atoms with van der Waals surface area (Å²) < 4.78 is 0. The van der Waals surface area contributed by atoms with E-state index in [1.165, 1.54) is 25.7 Å². The second kappa shape index (κ2) is 8.21. The SMILES string of the molecule is CNC(=O)N1CCC(C2CCN(C(=O)CCC3CCCC3)C2)CC1. The molecule has 2 heterocycles. The Kier molecular flexibility index (Phi) is 6.01. The number of likely N-dealkylation sites (tertiary alicyclic amines) is 2. The lowest BCUT2D eigenvalue weighted by Gasteiger charge is -2.34. The van der Waals surface area contributed by atoms with Crippen LogP contribution in [0.2, 0.25) is 0 Å². The maximum atomic E-state index is 12.5. The van der Waals surface area contributed by atoms with E-state index in [-0.39, 0.29) is 6.03 Å². The van der Waals surface area contributed by atoms with E-state index in [2.05, 4.69) is 10.2 Å². The van der Waals surface area contributed by atoms with Crippen LogP contribution >= 0.6 is 0 Å². The van der Waals surface area contributed by atoms with E-state index >= 15 is 0 Å². The second-order valence-electron chi connectivity index (χ2n) is 7.96. The van der Waals surface area contributed by atoms with E-state index in [4.69, 9.17) is 0 Å². The number of carbonyl (C=O) groups is 2. The van der Waals surface area contributed by atoms with E-state index in [1.54, 1.807) is 7.05 Å². The summed E-state index contributed by atoms with van der Waals surface area (Å²) in [6.07, 6.45) is 10.6. The summed E-state index contributed by atoms with van der Waals surface area (Å²) in [4.78, 5) is 28.2. The van der Waals surface area contributed by atoms with Gasteiger partial charge in [-0.3, -0.25) is 4.79 Å². The largest absolute Gasteiger partial charge is 0.342 e. The minimum Gasteiger partial charge on any atom is -0.342 e. The monoisotopic (exact) mass is 335 g/mol. The highest BCUT2D eigenvalue weighted by atomic mass is 16.2. The third kappa shape index (κ3) is 4.22. The lowest BCUT2D eigenvalue weighted by molar-refractivity contribution is -0.130. The maximum Gasteiger partial charge on any atom is 0.317 e. The molecule has 136 valence electrons. The molecule has 2 aliphatic heterocycles. The van der Waals surface area contributed by atoms with Gasteiger partial charge in [0.2, 0.25) is 5.91 Å². The van der Waals surface area contributed by atoms with Gasteiger partial charge in [0.1, 0.15) is 0 Å². The molecule has 1 saturated carbocycles. The summed E-state index contributed by atoms with van der Waals surface area (Å²) in [6, 6.07) is 0.0450. The lowest BCUT2D eigenvalue weighted by Crippen LogP contribution is -2.44. The molecule has 1 N–H and O–H groups in total. The van der Waals surface area contributed by atoms with Crippen LogP contribution in [0.4, 0.5) is 4.79 Å². The molecular formula is C19H33N3O2. The number of hydrogen-bond donors (Lipinski definition) is 1. The van der Waals surface area contributed by atoms with Crippen molar-refractivity contribution in [2.75, 3.05) is 33.2 Å². The van der Waals surface area contributed by atoms with E-state index in [0.29, 0.717) is 17.7 Å². The Hall–Kier alpha value is -1.26. The van der Waals surface area contributed by atoms with Crippen molar-refractivity contribution in [2.45, 2.75) is 57.8 Å². The van der Waals surface area contributed by atoms with Gasteiger partial charge in [-0.2, -0.15) is 0 Å². The van der Waals surface area contributed by atoms with Crippen molar-refractivity contribution < 1.29 is 9.59 Å². The van der Waals surface area contributed by atoms with Crippen LogP contribution in [0, 0.1) is 17.8 Å². The molecule has 5 heteroatoms. The fraction of sp³-hybridized carbons (Fsp3) is 0.895. The zero-order chi connectivity index (χ0) is 16.9. The molecule has 1 unspecified atom stereocenters. The molecule has 24 heavy (non-hydrogen) atoms. The zero-order valence-electron chi connectivity index (χ0n) is 15.1. The zero-order valence-corrected chi connectivity index (χ0v) is 15.1. The summed E-state index contributed by atoms with van der Waals surface area (Å²) in [5.74, 6) is 2.51. The highest BCUT2D eigenvalue weighted by Crippen LogP contribution is 2.33. The second-order valence-corrected chi connectivity index (χ2v) is 7.96. The average Bonchev–Trinajstić information content (AvgIpc) is 3.31. The molecule has 0 aromatic rings. The minimum atomic E-state index is 0.0450. The molecule has 5 nitrogen and oxygen atoms in total. The van der Waals surface area contributed by atoms with Gasteiger partial charge in [0, 0.05) is 39.6 Å². The molecule has 2 saturated heterocycles. The quantitative estimate of drug-likeness (QED) is 0.859. The van der Waals surface area contributed by atoms with Crippen LogP contribution < -0.4 is 5.32 Å². The predicted molar refractivity (Wildman–Crippen MR) is 94.6 cm³/mol. The van der Waals surface area contributed by atoms with Crippen molar-refractivity contribution in [3.63, 3.8) is 0 Å². The maximum absolute atomic E-state index is 12.5. The topological polar surface area (TPSA) is 52.7 Å². The molecule has 0 aromatic carbocycles. The fourth-order valence-electron chi connectivity index (χ4n) is 4.92. The first kappa shape index (κ1) is 17.6. The standard InChI is InChI=1S/C19H33N3O2/c1-20-19(24)21-11-8-16(9-12-21)17-10-13-22(14-17)18(23)7-6-15-4-2-3-5-15/h15-17H,2-14H2,1H3,(H,20,24). The Bertz CT molecular complexity index is 440. The third-order valence-corrected chi connectivity index (χ3v) is 6.53. The molecule has 1 aliphatic carbocycles. The van der Waals surface area contributed by atoms with E-state index in [9.17, 15) is 9.59 Å². The van der Waals surface area contributed by atoms with Crippen LogP contribution in [0.1, 0.15) is 57.8 Å². The number of hydrogen-bond acceptors (Lipinski definition) is 2. The molecule has 3 amide bonds. The van der Waals surface area contributed by atoms with Crippen LogP contribution in [0.25, 0.3) is 0 Å². The van der Waals surface area contributed by atoms with Gasteiger partial charge in [0.05, 0.1) is 0 Å². The van der Waals surface area contributed by atoms with Crippen molar-refractivity contribution in [1.82, 2.24) is 15.1 Å². The molecule has 0 bridgehead atoms. The number of piperidine rings is 1. The molecule has 3 rings (SSSR count). The van der Waals surface area contributed by atoms with Crippen LogP contribution in [0.15, 0.2) is 0 Å². The normalized spacial score (nSPS) is 26.1. The number of carbonyl (C=O) groups excluding carboxylic acids is 2. The smallest absolute Gasteiger partial charge is 0.317 e. The Morgan fingerprint density at radius 1 is 0.917 bits per heavy atom. The molecule has 3 aliphatic rings. The Labute approximate surface area is 146 Å². The van der Waals surface area contributed by atoms with Crippen LogP contribution in [-0.2, 0) is 4.79 Å². The van der Waals surface area contributed by atoms with Crippen molar-refractivity contribution in [3.8, 4) is 0 Å². The number of amides is 3. The van der Waals surface area contributed by atoms with Crippen LogP contribution in [-0.4, -0.2) is 55.0 Å². The van der Waals surface area contributed by atoms with Gasteiger partial charge in [-0.1, -0.05) is 25.7 Å². The average molecular weight is 335 g/mol. The predicted octanol–water partition coefficient (Wildman–Crippen LogP) is 2.86. The highest BCUT2D eigenvalue weighted by Gasteiger charge is 2.34. The Balaban J connectivity index is 1.39. The summed E-state index contributed by atoms with van der Waals surface area (Å²) in [5.41, 5.74) is 0. The van der Waals surface area contributed by atoms with E-state index < -0.39 is 0 Å². The number of nitrogens with zero attached hydrogens (tertiary/aromatic N) is 2. The third-order valence-electron chi connectivity index (χ3n) is 6.53. The molecule has 1 atom stereocenters. The van der Waals surface area contributed by atoms with Crippen molar-refractivity contribution >= 4 is 11.9 Å². The van der Waals surface area contributed by atoms with Crippen molar-refractivity contribution in [3.05, 3.63) is 0 Å². The van der Waals surface area contributed by atoms with E-state index in [1.807, 2.05) is 4.90 Å². The summed E-state index contributed by atoms with van der Waals surface area (Å²) >= 11 is 0. The van der Waals surface area contributed by atoms with Crippen LogP contribution in [0.5, 0.6) is 0 Å². The Morgan fingerprint density at radius 3 is 2.21 bits per heavy atom. The van der Waals surface area contributed by atoms with Crippen molar-refractivity contribution in [1.29, 1.82) is 0 Å². The molecule has 3 fully saturated rings. The molecule has 0 spiro atoms. The van der Waals surface area contributed by atoms with Gasteiger partial charge in [-0.05, 0) is 43.4 Å². The van der Waals surface area contributed by atoms with Crippen molar-refractivity contribution in [2.24, 2.45) is 17.8 Å².